The maximum Gasteiger partial charge on any atom is 0.417 e. The smallest absolute Gasteiger partial charge is 0.300 e. The summed E-state index contributed by atoms with van der Waals surface area (Å²) in [4.78, 5) is 6.62. The third-order valence-electron chi connectivity index (χ3n) is 5.12. The van der Waals surface area contributed by atoms with Crippen LogP contribution in [0.15, 0.2) is 18.3 Å². The van der Waals surface area contributed by atoms with Crippen LogP contribution in [0.4, 0.5) is 13.2 Å². The van der Waals surface area contributed by atoms with Gasteiger partial charge in [0, 0.05) is 17.9 Å². The molecule has 5 heteroatoms. The molecule has 1 aliphatic heterocycles. The van der Waals surface area contributed by atoms with Crippen LogP contribution < -0.4 is 0 Å². The highest BCUT2D eigenvalue weighted by Gasteiger charge is 2.31. The van der Waals surface area contributed by atoms with Gasteiger partial charge < -0.3 is 4.90 Å². The molecular weight excluding hydrogens is 289 g/mol. The summed E-state index contributed by atoms with van der Waals surface area (Å²) in [6.07, 6.45) is 4.94. The van der Waals surface area contributed by atoms with Gasteiger partial charge in [-0.15, -0.1) is 0 Å². The third kappa shape index (κ3) is 3.80. The van der Waals surface area contributed by atoms with E-state index in [9.17, 15) is 13.2 Å². The monoisotopic (exact) mass is 312 g/mol. The SMILES string of the molecule is FC(F)(F)c1ccc(CC2CCC(N3CCCC3)CC2)nc1. The van der Waals surface area contributed by atoms with Crippen LogP contribution >= 0.6 is 0 Å². The molecule has 2 fully saturated rings. The molecule has 122 valence electrons. The van der Waals surface area contributed by atoms with Gasteiger partial charge in [-0.05, 0) is 76.1 Å². The molecule has 22 heavy (non-hydrogen) atoms. The molecule has 2 nitrogen and oxygen atoms in total. The molecule has 2 heterocycles. The third-order valence-corrected chi connectivity index (χ3v) is 5.12. The van der Waals surface area contributed by atoms with E-state index in [0.29, 0.717) is 5.92 Å². The molecule has 0 radical (unpaired) electrons. The lowest BCUT2D eigenvalue weighted by molar-refractivity contribution is -0.137. The molecule has 0 aromatic carbocycles. The van der Waals surface area contributed by atoms with Gasteiger partial charge in [0.05, 0.1) is 5.56 Å². The average molecular weight is 312 g/mol. The Hall–Kier alpha value is -1.10. The van der Waals surface area contributed by atoms with Gasteiger partial charge in [-0.3, -0.25) is 4.98 Å². The quantitative estimate of drug-likeness (QED) is 0.827. The van der Waals surface area contributed by atoms with E-state index in [4.69, 9.17) is 0 Å². The van der Waals surface area contributed by atoms with Gasteiger partial charge in [0.25, 0.3) is 0 Å². The van der Waals surface area contributed by atoms with Gasteiger partial charge >= 0.3 is 6.18 Å². The number of hydrogen-bond acceptors (Lipinski definition) is 2. The van der Waals surface area contributed by atoms with E-state index in [0.717, 1.165) is 30.4 Å². The highest BCUT2D eigenvalue weighted by Crippen LogP contribution is 2.32. The standard InChI is InChI=1S/C17H23F3N2/c18-17(19,20)14-5-6-15(21-12-14)11-13-3-7-16(8-4-13)22-9-1-2-10-22/h5-6,12-13,16H,1-4,7-11H2. The van der Waals surface area contributed by atoms with E-state index in [1.54, 1.807) is 0 Å². The summed E-state index contributed by atoms with van der Waals surface area (Å²) in [6, 6.07) is 3.42. The first-order chi connectivity index (χ1) is 10.5. The van der Waals surface area contributed by atoms with E-state index in [-0.39, 0.29) is 0 Å². The number of likely N-dealkylation sites (tertiary alicyclic amines) is 1. The summed E-state index contributed by atoms with van der Waals surface area (Å²) >= 11 is 0. The van der Waals surface area contributed by atoms with Crippen LogP contribution in [0.25, 0.3) is 0 Å². The maximum atomic E-state index is 12.5. The van der Waals surface area contributed by atoms with E-state index >= 15 is 0 Å². The first-order valence-corrected chi connectivity index (χ1v) is 8.28. The van der Waals surface area contributed by atoms with Crippen LogP contribution in [0, 0.1) is 5.92 Å². The zero-order valence-corrected chi connectivity index (χ0v) is 12.8. The number of pyridine rings is 1. The molecule has 0 spiro atoms. The molecule has 2 aliphatic rings. The van der Waals surface area contributed by atoms with Crippen molar-refractivity contribution < 1.29 is 13.2 Å². The Morgan fingerprint density at radius 2 is 1.73 bits per heavy atom. The number of hydrogen-bond donors (Lipinski definition) is 0. The Kier molecular flexibility index (Phi) is 4.71. The fraction of sp³-hybridized carbons (Fsp3) is 0.706. The van der Waals surface area contributed by atoms with Gasteiger partial charge in [0.15, 0.2) is 0 Å². The predicted molar refractivity (Wildman–Crippen MR) is 79.5 cm³/mol. The minimum absolute atomic E-state index is 0.572. The van der Waals surface area contributed by atoms with Crippen molar-refractivity contribution in [3.63, 3.8) is 0 Å². The highest BCUT2D eigenvalue weighted by molar-refractivity contribution is 5.17. The topological polar surface area (TPSA) is 16.1 Å². The lowest BCUT2D eigenvalue weighted by Crippen LogP contribution is -2.36. The first kappa shape index (κ1) is 15.8. The number of rotatable bonds is 3. The number of aromatic nitrogens is 1. The van der Waals surface area contributed by atoms with Crippen LogP contribution in [0.2, 0.25) is 0 Å². The molecule has 1 saturated carbocycles. The molecular formula is C17H23F3N2. The van der Waals surface area contributed by atoms with Crippen molar-refractivity contribution in [2.75, 3.05) is 13.1 Å². The normalized spacial score (nSPS) is 27.2. The van der Waals surface area contributed by atoms with Crippen molar-refractivity contribution in [1.29, 1.82) is 0 Å². The molecule has 1 aliphatic carbocycles. The Morgan fingerprint density at radius 3 is 2.27 bits per heavy atom. The van der Waals surface area contributed by atoms with Crippen LogP contribution in [-0.2, 0) is 12.6 Å². The molecule has 1 aromatic rings. The molecule has 0 N–H and O–H groups in total. The summed E-state index contributed by atoms with van der Waals surface area (Å²) in [5, 5.41) is 0. The molecule has 3 rings (SSSR count). The van der Waals surface area contributed by atoms with Crippen molar-refractivity contribution in [1.82, 2.24) is 9.88 Å². The van der Waals surface area contributed by atoms with Crippen molar-refractivity contribution in [2.24, 2.45) is 5.92 Å². The van der Waals surface area contributed by atoms with Gasteiger partial charge in [0.1, 0.15) is 0 Å². The zero-order valence-electron chi connectivity index (χ0n) is 12.8. The van der Waals surface area contributed by atoms with E-state index in [1.807, 2.05) is 0 Å². The van der Waals surface area contributed by atoms with Crippen LogP contribution in [-0.4, -0.2) is 29.0 Å². The van der Waals surface area contributed by atoms with Crippen LogP contribution in [0.5, 0.6) is 0 Å². The maximum absolute atomic E-state index is 12.5. The summed E-state index contributed by atoms with van der Waals surface area (Å²) in [6.45, 7) is 2.49. The zero-order chi connectivity index (χ0) is 15.6. The summed E-state index contributed by atoms with van der Waals surface area (Å²) < 4.78 is 37.6. The Morgan fingerprint density at radius 1 is 1.05 bits per heavy atom. The molecule has 0 atom stereocenters. The van der Waals surface area contributed by atoms with Gasteiger partial charge in [-0.25, -0.2) is 0 Å². The van der Waals surface area contributed by atoms with E-state index in [1.165, 1.54) is 57.7 Å². The Balaban J connectivity index is 1.50. The number of alkyl halides is 3. The lowest BCUT2D eigenvalue weighted by Gasteiger charge is -2.34. The lowest BCUT2D eigenvalue weighted by atomic mass is 9.83. The van der Waals surface area contributed by atoms with Crippen LogP contribution in [0.1, 0.15) is 49.8 Å². The minimum atomic E-state index is -4.29. The number of halogens is 3. The molecule has 1 saturated heterocycles. The van der Waals surface area contributed by atoms with Gasteiger partial charge in [-0.2, -0.15) is 13.2 Å². The number of nitrogens with zero attached hydrogens (tertiary/aromatic N) is 2. The Bertz CT molecular complexity index is 470. The molecule has 0 unspecified atom stereocenters. The Labute approximate surface area is 129 Å². The summed E-state index contributed by atoms with van der Waals surface area (Å²) in [5.74, 6) is 0.572. The highest BCUT2D eigenvalue weighted by atomic mass is 19.4. The van der Waals surface area contributed by atoms with Crippen LogP contribution in [0.3, 0.4) is 0 Å². The molecule has 0 amide bonds. The van der Waals surface area contributed by atoms with Crippen molar-refractivity contribution >= 4 is 0 Å². The average Bonchev–Trinajstić information content (AvgIpc) is 3.02. The summed E-state index contributed by atoms with van der Waals surface area (Å²) in [5.41, 5.74) is 0.131. The van der Waals surface area contributed by atoms with Crippen molar-refractivity contribution in [3.8, 4) is 0 Å². The summed E-state index contributed by atoms with van der Waals surface area (Å²) in [7, 11) is 0. The van der Waals surface area contributed by atoms with Crippen molar-refractivity contribution in [2.45, 2.75) is 57.2 Å². The second-order valence-electron chi connectivity index (χ2n) is 6.66. The van der Waals surface area contributed by atoms with Crippen molar-refractivity contribution in [3.05, 3.63) is 29.6 Å². The molecule has 0 bridgehead atoms. The molecule has 1 aromatic heterocycles. The van der Waals surface area contributed by atoms with E-state index in [2.05, 4.69) is 9.88 Å². The second kappa shape index (κ2) is 6.57. The first-order valence-electron chi connectivity index (χ1n) is 8.28. The fourth-order valence-corrected chi connectivity index (χ4v) is 3.83. The van der Waals surface area contributed by atoms with E-state index < -0.39 is 11.7 Å². The minimum Gasteiger partial charge on any atom is -0.300 e. The fourth-order valence-electron chi connectivity index (χ4n) is 3.83. The van der Waals surface area contributed by atoms with Gasteiger partial charge in [0.2, 0.25) is 0 Å². The largest absolute Gasteiger partial charge is 0.417 e. The second-order valence-corrected chi connectivity index (χ2v) is 6.66. The predicted octanol–water partition coefficient (Wildman–Crippen LogP) is 4.30. The van der Waals surface area contributed by atoms with Gasteiger partial charge in [-0.1, -0.05) is 0 Å².